The number of nitrogens with zero attached hydrogens (tertiary/aromatic N) is 1. The van der Waals surface area contributed by atoms with Crippen LogP contribution in [0.4, 0.5) is 0 Å². The molecule has 0 radical (unpaired) electrons. The second-order valence-corrected chi connectivity index (χ2v) is 5.79. The molecule has 1 saturated carbocycles. The maximum absolute atomic E-state index is 12.4. The van der Waals surface area contributed by atoms with Crippen LogP contribution in [0.1, 0.15) is 24.8 Å². The Kier molecular flexibility index (Phi) is 4.89. The van der Waals surface area contributed by atoms with Crippen LogP contribution in [0.25, 0.3) is 0 Å². The highest BCUT2D eigenvalue weighted by Crippen LogP contribution is 2.28. The van der Waals surface area contributed by atoms with Crippen molar-refractivity contribution in [3.8, 4) is 5.75 Å². The minimum atomic E-state index is -0.0508. The van der Waals surface area contributed by atoms with Gasteiger partial charge in [0, 0.05) is 30.2 Å². The molecule has 1 aromatic rings. The Morgan fingerprint density at radius 3 is 2.85 bits per heavy atom. The SMILES string of the molecule is COc1ccc(Cl)cc1CN(C)C(=O)[C@H]1CCC[C@H]1N. The monoisotopic (exact) mass is 296 g/mol. The van der Waals surface area contributed by atoms with Crippen LogP contribution in [0.5, 0.6) is 5.75 Å². The zero-order valence-electron chi connectivity index (χ0n) is 11.9. The van der Waals surface area contributed by atoms with E-state index in [9.17, 15) is 4.79 Å². The molecule has 1 aromatic carbocycles. The lowest BCUT2D eigenvalue weighted by molar-refractivity contribution is -0.134. The molecule has 1 aliphatic carbocycles. The largest absolute Gasteiger partial charge is 0.496 e. The molecular formula is C15H21ClN2O2. The van der Waals surface area contributed by atoms with Crippen molar-refractivity contribution in [2.75, 3.05) is 14.2 Å². The third kappa shape index (κ3) is 3.25. The fourth-order valence-electron chi connectivity index (χ4n) is 2.78. The molecule has 5 heteroatoms. The summed E-state index contributed by atoms with van der Waals surface area (Å²) in [5.74, 6) is 0.798. The number of ether oxygens (including phenoxy) is 1. The van der Waals surface area contributed by atoms with Crippen molar-refractivity contribution in [3.63, 3.8) is 0 Å². The summed E-state index contributed by atoms with van der Waals surface area (Å²) in [6.07, 6.45) is 2.85. The first-order valence-electron chi connectivity index (χ1n) is 6.86. The lowest BCUT2D eigenvalue weighted by Gasteiger charge is -2.24. The molecule has 2 atom stereocenters. The van der Waals surface area contributed by atoms with Gasteiger partial charge in [-0.05, 0) is 31.0 Å². The summed E-state index contributed by atoms with van der Waals surface area (Å²) >= 11 is 6.01. The van der Waals surface area contributed by atoms with Gasteiger partial charge in [0.05, 0.1) is 13.0 Å². The highest BCUT2D eigenvalue weighted by atomic mass is 35.5. The van der Waals surface area contributed by atoms with E-state index >= 15 is 0 Å². The second-order valence-electron chi connectivity index (χ2n) is 5.35. The summed E-state index contributed by atoms with van der Waals surface area (Å²) < 4.78 is 5.31. The van der Waals surface area contributed by atoms with E-state index in [2.05, 4.69) is 0 Å². The van der Waals surface area contributed by atoms with Crippen molar-refractivity contribution in [3.05, 3.63) is 28.8 Å². The van der Waals surface area contributed by atoms with Gasteiger partial charge in [-0.25, -0.2) is 0 Å². The van der Waals surface area contributed by atoms with Crippen LogP contribution in [0.15, 0.2) is 18.2 Å². The van der Waals surface area contributed by atoms with Crippen LogP contribution in [0.2, 0.25) is 5.02 Å². The Labute approximate surface area is 124 Å². The average molecular weight is 297 g/mol. The molecule has 0 aromatic heterocycles. The molecule has 20 heavy (non-hydrogen) atoms. The lowest BCUT2D eigenvalue weighted by atomic mass is 10.0. The number of benzene rings is 1. The second kappa shape index (κ2) is 6.46. The predicted molar refractivity (Wildman–Crippen MR) is 79.8 cm³/mol. The van der Waals surface area contributed by atoms with Crippen molar-refractivity contribution in [2.24, 2.45) is 11.7 Å². The van der Waals surface area contributed by atoms with Crippen LogP contribution < -0.4 is 10.5 Å². The topological polar surface area (TPSA) is 55.6 Å². The Morgan fingerprint density at radius 2 is 2.25 bits per heavy atom. The molecule has 1 amide bonds. The van der Waals surface area contributed by atoms with Crippen LogP contribution in [-0.4, -0.2) is 31.0 Å². The standard InChI is InChI=1S/C15H21ClN2O2/c1-18(15(19)12-4-3-5-13(12)17)9-10-8-11(16)6-7-14(10)20-2/h6-8,12-13H,3-5,9,17H2,1-2H3/t12-,13+/m0/s1. The van der Waals surface area contributed by atoms with Crippen molar-refractivity contribution >= 4 is 17.5 Å². The number of hydrogen-bond acceptors (Lipinski definition) is 3. The summed E-state index contributed by atoms with van der Waals surface area (Å²) in [6.45, 7) is 0.478. The molecule has 1 aliphatic rings. The molecule has 0 aliphatic heterocycles. The van der Waals surface area contributed by atoms with E-state index in [1.807, 2.05) is 12.1 Å². The smallest absolute Gasteiger partial charge is 0.227 e. The first kappa shape index (κ1) is 15.1. The van der Waals surface area contributed by atoms with Gasteiger partial charge in [-0.15, -0.1) is 0 Å². The molecule has 1 fully saturated rings. The fourth-order valence-corrected chi connectivity index (χ4v) is 2.98. The van der Waals surface area contributed by atoms with E-state index in [0.717, 1.165) is 30.6 Å². The number of amides is 1. The molecule has 110 valence electrons. The van der Waals surface area contributed by atoms with Gasteiger partial charge in [0.25, 0.3) is 0 Å². The Balaban J connectivity index is 2.09. The zero-order chi connectivity index (χ0) is 14.7. The van der Waals surface area contributed by atoms with E-state index in [0.29, 0.717) is 11.6 Å². The molecule has 0 spiro atoms. The molecule has 2 N–H and O–H groups in total. The summed E-state index contributed by atoms with van der Waals surface area (Å²) in [5, 5.41) is 0.638. The third-order valence-corrected chi connectivity index (χ3v) is 4.15. The Morgan fingerprint density at radius 1 is 1.50 bits per heavy atom. The maximum atomic E-state index is 12.4. The Hall–Kier alpha value is -1.26. The van der Waals surface area contributed by atoms with Gasteiger partial charge < -0.3 is 15.4 Å². The first-order valence-corrected chi connectivity index (χ1v) is 7.23. The van der Waals surface area contributed by atoms with E-state index in [4.69, 9.17) is 22.1 Å². The molecule has 0 unspecified atom stereocenters. The van der Waals surface area contributed by atoms with Gasteiger partial charge >= 0.3 is 0 Å². The van der Waals surface area contributed by atoms with Gasteiger partial charge in [0.15, 0.2) is 0 Å². The van der Waals surface area contributed by atoms with Gasteiger partial charge in [-0.2, -0.15) is 0 Å². The number of carbonyl (C=O) groups excluding carboxylic acids is 1. The summed E-state index contributed by atoms with van der Waals surface area (Å²) in [6, 6.07) is 5.42. The van der Waals surface area contributed by atoms with Crippen LogP contribution in [-0.2, 0) is 11.3 Å². The normalized spacial score (nSPS) is 21.8. The first-order chi connectivity index (χ1) is 9.52. The fraction of sp³-hybridized carbons (Fsp3) is 0.533. The highest BCUT2D eigenvalue weighted by Gasteiger charge is 2.32. The van der Waals surface area contributed by atoms with Crippen molar-refractivity contribution in [1.29, 1.82) is 0 Å². The molecular weight excluding hydrogens is 276 g/mol. The summed E-state index contributed by atoms with van der Waals surface area (Å²) in [5.41, 5.74) is 6.90. The van der Waals surface area contributed by atoms with Crippen LogP contribution in [0, 0.1) is 5.92 Å². The zero-order valence-corrected chi connectivity index (χ0v) is 12.7. The van der Waals surface area contributed by atoms with Gasteiger partial charge in [0.2, 0.25) is 5.91 Å². The molecule has 2 rings (SSSR count). The van der Waals surface area contributed by atoms with Gasteiger partial charge in [0.1, 0.15) is 5.75 Å². The minimum absolute atomic E-state index is 0.00814. The van der Waals surface area contributed by atoms with Crippen LogP contribution >= 0.6 is 11.6 Å². The number of carbonyl (C=O) groups is 1. The van der Waals surface area contributed by atoms with E-state index in [1.165, 1.54) is 0 Å². The number of hydrogen-bond donors (Lipinski definition) is 1. The molecule has 0 heterocycles. The highest BCUT2D eigenvalue weighted by molar-refractivity contribution is 6.30. The minimum Gasteiger partial charge on any atom is -0.496 e. The number of halogens is 1. The van der Waals surface area contributed by atoms with Crippen molar-refractivity contribution in [2.45, 2.75) is 31.8 Å². The number of nitrogens with two attached hydrogens (primary N) is 1. The van der Waals surface area contributed by atoms with E-state index in [1.54, 1.807) is 25.1 Å². The number of methoxy groups -OCH3 is 1. The lowest BCUT2D eigenvalue weighted by Crippen LogP contribution is -2.39. The van der Waals surface area contributed by atoms with Crippen LogP contribution in [0.3, 0.4) is 0 Å². The van der Waals surface area contributed by atoms with Crippen molar-refractivity contribution in [1.82, 2.24) is 4.90 Å². The molecule has 0 saturated heterocycles. The van der Waals surface area contributed by atoms with Crippen molar-refractivity contribution < 1.29 is 9.53 Å². The third-order valence-electron chi connectivity index (χ3n) is 3.91. The van der Waals surface area contributed by atoms with Gasteiger partial charge in [-0.1, -0.05) is 18.0 Å². The molecule has 4 nitrogen and oxygen atoms in total. The quantitative estimate of drug-likeness (QED) is 0.928. The van der Waals surface area contributed by atoms with E-state index in [-0.39, 0.29) is 17.9 Å². The number of rotatable bonds is 4. The molecule has 0 bridgehead atoms. The predicted octanol–water partition coefficient (Wildman–Crippen LogP) is 2.43. The van der Waals surface area contributed by atoms with E-state index < -0.39 is 0 Å². The van der Waals surface area contributed by atoms with Gasteiger partial charge in [-0.3, -0.25) is 4.79 Å². The average Bonchev–Trinajstić information content (AvgIpc) is 2.84. The maximum Gasteiger partial charge on any atom is 0.227 e. The summed E-state index contributed by atoms with van der Waals surface area (Å²) in [4.78, 5) is 14.1. The Bertz CT molecular complexity index is 493. The summed E-state index contributed by atoms with van der Waals surface area (Å²) in [7, 11) is 3.41.